The third-order valence-corrected chi connectivity index (χ3v) is 19.5. The summed E-state index contributed by atoms with van der Waals surface area (Å²) in [6.45, 7) is 23.5. The Balaban J connectivity index is 1.09. The molecular formula is C43H70N2O4S. The van der Waals surface area contributed by atoms with E-state index in [0.717, 1.165) is 44.7 Å². The summed E-state index contributed by atoms with van der Waals surface area (Å²) in [6, 6.07) is 0. The van der Waals surface area contributed by atoms with E-state index < -0.39 is 15.8 Å². The third kappa shape index (κ3) is 5.92. The van der Waals surface area contributed by atoms with E-state index in [1.165, 1.54) is 69.8 Å². The fourth-order valence-corrected chi connectivity index (χ4v) is 16.1. The molecule has 9 atom stereocenters. The van der Waals surface area contributed by atoms with Gasteiger partial charge < -0.3 is 15.3 Å². The monoisotopic (exact) mass is 711 g/mol. The molecule has 282 valence electrons. The lowest BCUT2D eigenvalue weighted by atomic mass is 9.33. The Morgan fingerprint density at radius 2 is 1.60 bits per heavy atom. The van der Waals surface area contributed by atoms with Crippen LogP contribution in [0.3, 0.4) is 0 Å². The van der Waals surface area contributed by atoms with Crippen LogP contribution in [0.1, 0.15) is 131 Å². The van der Waals surface area contributed by atoms with Gasteiger partial charge in [0.25, 0.3) is 0 Å². The van der Waals surface area contributed by atoms with Gasteiger partial charge in [-0.15, -0.1) is 0 Å². The van der Waals surface area contributed by atoms with Crippen LogP contribution in [0.15, 0.2) is 23.8 Å². The molecule has 7 aliphatic rings. The molecular weight excluding hydrogens is 641 g/mol. The molecule has 0 spiro atoms. The van der Waals surface area contributed by atoms with E-state index in [0.29, 0.717) is 70.4 Å². The van der Waals surface area contributed by atoms with Crippen LogP contribution in [-0.2, 0) is 14.6 Å². The molecule has 0 unspecified atom stereocenters. The Hall–Kier alpha value is -1.18. The molecule has 7 heteroatoms. The van der Waals surface area contributed by atoms with Gasteiger partial charge in [-0.25, -0.2) is 8.42 Å². The fourth-order valence-electron chi connectivity index (χ4n) is 14.8. The first kappa shape index (κ1) is 37.1. The Morgan fingerprint density at radius 1 is 0.900 bits per heavy atom. The Bertz CT molecular complexity index is 1460. The molecule has 0 aromatic carbocycles. The molecule has 1 aliphatic heterocycles. The van der Waals surface area contributed by atoms with Gasteiger partial charge in [-0.3, -0.25) is 4.79 Å². The molecule has 0 bridgehead atoms. The van der Waals surface area contributed by atoms with Crippen molar-refractivity contribution in [2.75, 3.05) is 37.7 Å². The number of carbonyl (C=O) groups is 1. The Morgan fingerprint density at radius 3 is 2.26 bits per heavy atom. The van der Waals surface area contributed by atoms with E-state index >= 15 is 0 Å². The van der Waals surface area contributed by atoms with Gasteiger partial charge in [-0.05, 0) is 154 Å². The van der Waals surface area contributed by atoms with Crippen LogP contribution in [0, 0.1) is 63.1 Å². The Kier molecular flexibility index (Phi) is 9.65. The second-order valence-electron chi connectivity index (χ2n) is 20.2. The summed E-state index contributed by atoms with van der Waals surface area (Å²) in [5, 5.41) is 13.8. The summed E-state index contributed by atoms with van der Waals surface area (Å²) in [7, 11) is -2.85. The lowest BCUT2D eigenvalue weighted by Gasteiger charge is -2.72. The molecule has 50 heavy (non-hydrogen) atoms. The fraction of sp³-hybridized carbons (Fsp3) is 0.884. The number of hydrogen-bond acceptors (Lipinski definition) is 5. The van der Waals surface area contributed by atoms with E-state index in [9.17, 15) is 18.3 Å². The number of aliphatic carboxylic acids is 1. The predicted molar refractivity (Wildman–Crippen MR) is 204 cm³/mol. The van der Waals surface area contributed by atoms with Gasteiger partial charge in [0.1, 0.15) is 0 Å². The van der Waals surface area contributed by atoms with Crippen molar-refractivity contribution in [2.45, 2.75) is 137 Å². The number of rotatable bonds is 8. The second kappa shape index (κ2) is 13.0. The summed E-state index contributed by atoms with van der Waals surface area (Å²) < 4.78 is 24.1. The average molecular weight is 711 g/mol. The zero-order valence-corrected chi connectivity index (χ0v) is 33.3. The summed E-state index contributed by atoms with van der Waals surface area (Å²) in [5.74, 6) is 3.89. The smallest absolute Gasteiger partial charge is 0.306 e. The van der Waals surface area contributed by atoms with E-state index in [1.807, 2.05) is 0 Å². The summed E-state index contributed by atoms with van der Waals surface area (Å²) in [4.78, 5) is 14.0. The highest BCUT2D eigenvalue weighted by atomic mass is 32.2. The number of carboxylic acid groups (broad SMARTS) is 1. The molecule has 0 aromatic rings. The van der Waals surface area contributed by atoms with Crippen LogP contribution in [0.2, 0.25) is 0 Å². The van der Waals surface area contributed by atoms with Gasteiger partial charge >= 0.3 is 5.97 Å². The van der Waals surface area contributed by atoms with Crippen LogP contribution >= 0.6 is 0 Å². The number of sulfone groups is 1. The van der Waals surface area contributed by atoms with Crippen molar-refractivity contribution in [1.29, 1.82) is 0 Å². The normalized spacial score (nSPS) is 46.8. The highest BCUT2D eigenvalue weighted by Gasteiger charge is 2.70. The van der Waals surface area contributed by atoms with E-state index in [4.69, 9.17) is 0 Å². The number of nitrogens with zero attached hydrogens (tertiary/aromatic N) is 1. The second-order valence-corrected chi connectivity index (χ2v) is 22.5. The van der Waals surface area contributed by atoms with Crippen LogP contribution in [0.4, 0.5) is 0 Å². The van der Waals surface area contributed by atoms with Gasteiger partial charge in [-0.1, -0.05) is 58.4 Å². The molecule has 1 saturated heterocycles. The number of carboxylic acids is 1. The first-order valence-corrected chi connectivity index (χ1v) is 22.5. The van der Waals surface area contributed by atoms with Gasteiger partial charge in [0, 0.05) is 31.7 Å². The first-order chi connectivity index (χ1) is 23.5. The van der Waals surface area contributed by atoms with Crippen LogP contribution in [0.25, 0.3) is 0 Å². The Labute approximate surface area is 305 Å². The third-order valence-electron chi connectivity index (χ3n) is 17.9. The van der Waals surface area contributed by atoms with Crippen molar-refractivity contribution in [3.8, 4) is 0 Å². The van der Waals surface area contributed by atoms with E-state index in [2.05, 4.69) is 64.4 Å². The minimum atomic E-state index is -2.85. The molecule has 0 amide bonds. The van der Waals surface area contributed by atoms with Crippen LogP contribution in [-0.4, -0.2) is 67.6 Å². The van der Waals surface area contributed by atoms with Gasteiger partial charge in [0.2, 0.25) is 0 Å². The SMILES string of the molecule is C=C(C)[C@@H]1CC[C@]2(NCCN3CCS(=O)(=O)CC3)CC[C@]3(C)[C@H](CC[C@@H]4[C@@]5(C)CC=C(CC6CCC(C(=O)O)CC6)C(C)(C)[C@@H]5CC[C@]43C)[C@@H]12. The van der Waals surface area contributed by atoms with Crippen LogP contribution < -0.4 is 5.32 Å². The largest absolute Gasteiger partial charge is 0.481 e. The van der Waals surface area contributed by atoms with Gasteiger partial charge in [0.15, 0.2) is 9.84 Å². The quantitative estimate of drug-likeness (QED) is 0.246. The maximum absolute atomic E-state index is 12.0. The van der Waals surface area contributed by atoms with Gasteiger partial charge in [-0.2, -0.15) is 0 Å². The minimum absolute atomic E-state index is 0.131. The highest BCUT2D eigenvalue weighted by molar-refractivity contribution is 7.91. The maximum Gasteiger partial charge on any atom is 0.306 e. The van der Waals surface area contributed by atoms with Crippen molar-refractivity contribution in [1.82, 2.24) is 10.2 Å². The average Bonchev–Trinajstić information content (AvgIpc) is 3.44. The molecule has 0 aromatic heterocycles. The van der Waals surface area contributed by atoms with Crippen molar-refractivity contribution in [3.05, 3.63) is 23.8 Å². The maximum atomic E-state index is 12.0. The first-order valence-electron chi connectivity index (χ1n) is 20.7. The highest BCUT2D eigenvalue weighted by Crippen LogP contribution is 2.76. The van der Waals surface area contributed by atoms with Crippen LogP contribution in [0.5, 0.6) is 0 Å². The molecule has 6 aliphatic carbocycles. The summed E-state index contributed by atoms with van der Waals surface area (Å²) in [5.41, 5.74) is 4.38. The minimum Gasteiger partial charge on any atom is -0.481 e. The lowest BCUT2D eigenvalue weighted by Crippen LogP contribution is -2.68. The van der Waals surface area contributed by atoms with Crippen molar-refractivity contribution in [3.63, 3.8) is 0 Å². The van der Waals surface area contributed by atoms with Crippen molar-refractivity contribution in [2.24, 2.45) is 63.1 Å². The zero-order chi connectivity index (χ0) is 35.9. The molecule has 7 rings (SSSR count). The molecule has 5 saturated carbocycles. The molecule has 2 N–H and O–H groups in total. The molecule has 6 nitrogen and oxygen atoms in total. The molecule has 6 fully saturated rings. The zero-order valence-electron chi connectivity index (χ0n) is 32.5. The number of fused-ring (bicyclic) bond motifs is 7. The summed E-state index contributed by atoms with van der Waals surface area (Å²) >= 11 is 0. The van der Waals surface area contributed by atoms with Crippen molar-refractivity contribution >= 4 is 15.8 Å². The van der Waals surface area contributed by atoms with E-state index in [-0.39, 0.29) is 16.9 Å². The standard InChI is InChI=1S/C43H70N2O4S/c1-29(2)33-15-19-43(44-22-23-45-24-26-50(48,49)27-25-45)21-20-41(6)34(37(33)43)12-13-36-40(5)17-14-32(28-30-8-10-31(11-9-30)38(46)47)39(3,4)35(40)16-18-42(36,41)7/h14,30-31,33-37,44H,1,8-13,15-28H2,2-7H3,(H,46,47)/t30?,31?,33-,34+,35-,36+,37+,40-,41+,42+,43-/m0/s1. The van der Waals surface area contributed by atoms with Crippen molar-refractivity contribution < 1.29 is 18.3 Å². The van der Waals surface area contributed by atoms with Gasteiger partial charge in [0.05, 0.1) is 17.4 Å². The summed E-state index contributed by atoms with van der Waals surface area (Å²) in [6.07, 6.45) is 19.3. The number of allylic oxidation sites excluding steroid dienone is 3. The lowest BCUT2D eigenvalue weighted by molar-refractivity contribution is -0.221. The van der Waals surface area contributed by atoms with E-state index in [1.54, 1.807) is 5.57 Å². The molecule has 1 heterocycles. The number of hydrogen-bond donors (Lipinski definition) is 2. The topological polar surface area (TPSA) is 86.7 Å². The predicted octanol–water partition coefficient (Wildman–Crippen LogP) is 8.53. The molecule has 0 radical (unpaired) electrons. The number of nitrogens with one attached hydrogen (secondary N) is 1.